The van der Waals surface area contributed by atoms with Crippen LogP contribution in [0.3, 0.4) is 0 Å². The molecule has 1 aliphatic heterocycles. The van der Waals surface area contributed by atoms with Crippen LogP contribution in [0.25, 0.3) is 10.8 Å². The minimum absolute atomic E-state index is 0.0511. The van der Waals surface area contributed by atoms with Crippen molar-refractivity contribution in [2.75, 3.05) is 17.3 Å². The van der Waals surface area contributed by atoms with Crippen LogP contribution in [0.4, 0.5) is 0 Å². The topological polar surface area (TPSA) is 108 Å². The molecule has 3 aromatic rings. The molecule has 0 bridgehead atoms. The zero-order valence-corrected chi connectivity index (χ0v) is 19.6. The van der Waals surface area contributed by atoms with E-state index in [0.717, 1.165) is 27.0 Å². The molecule has 0 aliphatic carbocycles. The van der Waals surface area contributed by atoms with Crippen molar-refractivity contribution in [2.45, 2.75) is 45.4 Å². The summed E-state index contributed by atoms with van der Waals surface area (Å²) in [7, 11) is -3.00. The Labute approximate surface area is 183 Å². The summed E-state index contributed by atoms with van der Waals surface area (Å²) in [5, 5.41) is 9.37. The van der Waals surface area contributed by atoms with Gasteiger partial charge in [-0.3, -0.25) is 4.79 Å². The Morgan fingerprint density at radius 2 is 2.07 bits per heavy atom. The summed E-state index contributed by atoms with van der Waals surface area (Å²) in [6.07, 6.45) is 0.586. The lowest BCUT2D eigenvalue weighted by Gasteiger charge is -2.16. The number of sulfone groups is 1. The first-order chi connectivity index (χ1) is 14.1. The number of aromatic nitrogens is 4. The highest BCUT2D eigenvalue weighted by Gasteiger charge is 2.31. The van der Waals surface area contributed by atoms with Crippen molar-refractivity contribution < 1.29 is 17.6 Å². The van der Waals surface area contributed by atoms with Gasteiger partial charge in [0.25, 0.3) is 11.1 Å². The average Bonchev–Trinajstić information content (AvgIpc) is 3.41. The van der Waals surface area contributed by atoms with E-state index >= 15 is 0 Å². The molecule has 1 atom stereocenters. The fraction of sp³-hybridized carbons (Fsp3) is 0.474. The highest BCUT2D eigenvalue weighted by molar-refractivity contribution is 7.99. The van der Waals surface area contributed by atoms with Crippen LogP contribution in [0, 0.1) is 27.7 Å². The predicted molar refractivity (Wildman–Crippen MR) is 116 cm³/mol. The number of rotatable bonds is 6. The number of ketones is 1. The molecular formula is C19H22N4O4S3. The molecule has 4 heterocycles. The zero-order chi connectivity index (χ0) is 21.6. The number of nitrogens with zero attached hydrogens (tertiary/aromatic N) is 4. The number of carbonyl (C=O) groups is 1. The van der Waals surface area contributed by atoms with E-state index in [2.05, 4.69) is 15.2 Å². The average molecular weight is 467 g/mol. The number of carbonyl (C=O) groups excluding carboxylic acids is 1. The number of Topliss-reactive ketones (excluding diaryl/α,β-unsaturated/α-hetero) is 1. The first-order valence-corrected chi connectivity index (χ1v) is 13.1. The lowest BCUT2D eigenvalue weighted by molar-refractivity contribution is 0.102. The largest absolute Gasteiger partial charge is 0.410 e. The van der Waals surface area contributed by atoms with Crippen molar-refractivity contribution in [3.05, 3.63) is 33.7 Å². The van der Waals surface area contributed by atoms with Gasteiger partial charge >= 0.3 is 0 Å². The molecule has 1 fully saturated rings. The molecule has 1 aliphatic rings. The second kappa shape index (κ2) is 7.93. The Balaban J connectivity index is 1.46. The minimum Gasteiger partial charge on any atom is -0.410 e. The summed E-state index contributed by atoms with van der Waals surface area (Å²) >= 11 is 2.69. The van der Waals surface area contributed by atoms with Crippen molar-refractivity contribution in [1.29, 1.82) is 0 Å². The van der Waals surface area contributed by atoms with E-state index in [0.29, 0.717) is 23.1 Å². The summed E-state index contributed by atoms with van der Waals surface area (Å²) in [6, 6.07) is 1.74. The Hall–Kier alpha value is -1.98. The maximum Gasteiger partial charge on any atom is 0.277 e. The molecule has 4 rings (SSSR count). The molecule has 0 N–H and O–H groups in total. The molecule has 0 aromatic carbocycles. The fourth-order valence-corrected chi connectivity index (χ4v) is 7.08. The molecule has 0 saturated carbocycles. The summed E-state index contributed by atoms with van der Waals surface area (Å²) < 4.78 is 31.4. The van der Waals surface area contributed by atoms with Gasteiger partial charge in [-0.05, 0) is 40.2 Å². The Kier molecular flexibility index (Phi) is 5.62. The second-order valence-electron chi connectivity index (χ2n) is 7.44. The number of aryl methyl sites for hydroxylation is 3. The van der Waals surface area contributed by atoms with E-state index in [-0.39, 0.29) is 29.1 Å². The van der Waals surface area contributed by atoms with Crippen LogP contribution in [0.15, 0.2) is 15.7 Å². The number of hydrogen-bond donors (Lipinski definition) is 0. The van der Waals surface area contributed by atoms with Crippen molar-refractivity contribution in [2.24, 2.45) is 0 Å². The van der Waals surface area contributed by atoms with Crippen LogP contribution in [-0.2, 0) is 9.84 Å². The van der Waals surface area contributed by atoms with Crippen molar-refractivity contribution >= 4 is 38.7 Å². The van der Waals surface area contributed by atoms with Crippen molar-refractivity contribution in [3.8, 4) is 10.8 Å². The molecular weight excluding hydrogens is 444 g/mol. The summed E-state index contributed by atoms with van der Waals surface area (Å²) in [5.41, 5.74) is 3.16. The maximum absolute atomic E-state index is 12.8. The van der Waals surface area contributed by atoms with Crippen molar-refractivity contribution in [3.63, 3.8) is 0 Å². The number of thioether (sulfide) groups is 1. The van der Waals surface area contributed by atoms with E-state index in [1.165, 1.54) is 23.1 Å². The van der Waals surface area contributed by atoms with Gasteiger partial charge in [-0.2, -0.15) is 0 Å². The third-order valence-corrected chi connectivity index (χ3v) is 8.82. The standard InChI is InChI=1S/C19H22N4O4S3/c1-10-7-15(12(3)23(10)14-5-6-30(25,26)9-14)16(24)8-28-19-22-21-18(27-19)17-11(2)20-13(4)29-17/h7,14H,5-6,8-9H2,1-4H3. The Morgan fingerprint density at radius 3 is 2.70 bits per heavy atom. The van der Waals surface area contributed by atoms with E-state index in [1.54, 1.807) is 0 Å². The number of hydrogen-bond acceptors (Lipinski definition) is 9. The van der Waals surface area contributed by atoms with Gasteiger partial charge in [0.1, 0.15) is 4.88 Å². The summed E-state index contributed by atoms with van der Waals surface area (Å²) in [4.78, 5) is 18.0. The Morgan fingerprint density at radius 1 is 1.30 bits per heavy atom. The molecule has 0 spiro atoms. The fourth-order valence-electron chi connectivity index (χ4n) is 3.89. The molecule has 30 heavy (non-hydrogen) atoms. The SMILES string of the molecule is Cc1nc(C)c(-c2nnc(SCC(=O)c3cc(C)n(C4CCS(=O)(=O)C4)c3C)o2)s1. The van der Waals surface area contributed by atoms with Crippen LogP contribution in [-0.4, -0.2) is 51.2 Å². The monoisotopic (exact) mass is 466 g/mol. The molecule has 11 heteroatoms. The molecule has 8 nitrogen and oxygen atoms in total. The smallest absolute Gasteiger partial charge is 0.277 e. The lowest BCUT2D eigenvalue weighted by Crippen LogP contribution is -2.14. The van der Waals surface area contributed by atoms with Gasteiger partial charge in [-0.15, -0.1) is 21.5 Å². The predicted octanol–water partition coefficient (Wildman–Crippen LogP) is 3.56. The van der Waals surface area contributed by atoms with Crippen LogP contribution < -0.4 is 0 Å². The first kappa shape index (κ1) is 21.3. The van der Waals surface area contributed by atoms with E-state index in [4.69, 9.17) is 4.42 Å². The third kappa shape index (κ3) is 4.10. The zero-order valence-electron chi connectivity index (χ0n) is 17.1. The van der Waals surface area contributed by atoms with Gasteiger partial charge in [-0.25, -0.2) is 13.4 Å². The maximum atomic E-state index is 12.8. The molecule has 160 valence electrons. The highest BCUT2D eigenvalue weighted by atomic mass is 32.2. The minimum atomic E-state index is -3.00. The second-order valence-corrected chi connectivity index (χ2v) is 11.8. The van der Waals surface area contributed by atoms with Gasteiger partial charge in [0.2, 0.25) is 0 Å². The van der Waals surface area contributed by atoms with Crippen LogP contribution in [0.5, 0.6) is 0 Å². The van der Waals surface area contributed by atoms with Crippen LogP contribution in [0.2, 0.25) is 0 Å². The summed E-state index contributed by atoms with van der Waals surface area (Å²) in [5.74, 6) is 0.854. The highest BCUT2D eigenvalue weighted by Crippen LogP contribution is 2.32. The van der Waals surface area contributed by atoms with Gasteiger partial charge in [0.15, 0.2) is 15.6 Å². The first-order valence-electron chi connectivity index (χ1n) is 9.47. The molecule has 3 aromatic heterocycles. The third-order valence-electron chi connectivity index (χ3n) is 5.19. The van der Waals surface area contributed by atoms with Gasteiger partial charge in [-0.1, -0.05) is 11.8 Å². The van der Waals surface area contributed by atoms with Gasteiger partial charge in [0.05, 0.1) is 28.0 Å². The quantitative estimate of drug-likeness (QED) is 0.401. The molecule has 0 radical (unpaired) electrons. The molecule has 1 saturated heterocycles. The molecule has 0 amide bonds. The van der Waals surface area contributed by atoms with Gasteiger partial charge < -0.3 is 8.98 Å². The normalized spacial score (nSPS) is 18.2. The molecule has 1 unspecified atom stereocenters. The Bertz CT molecular complexity index is 1220. The van der Waals surface area contributed by atoms with E-state index in [9.17, 15) is 13.2 Å². The summed E-state index contributed by atoms with van der Waals surface area (Å²) in [6.45, 7) is 7.59. The van der Waals surface area contributed by atoms with Crippen LogP contribution in [0.1, 0.15) is 44.9 Å². The lowest BCUT2D eigenvalue weighted by atomic mass is 10.2. The van der Waals surface area contributed by atoms with Gasteiger partial charge in [0, 0.05) is 23.0 Å². The van der Waals surface area contributed by atoms with Crippen molar-refractivity contribution in [1.82, 2.24) is 19.7 Å². The van der Waals surface area contributed by atoms with Crippen LogP contribution >= 0.6 is 23.1 Å². The number of thiazole rings is 1. The van der Waals surface area contributed by atoms with E-state index in [1.807, 2.05) is 38.3 Å². The van der Waals surface area contributed by atoms with E-state index < -0.39 is 9.84 Å².